The summed E-state index contributed by atoms with van der Waals surface area (Å²) in [6.07, 6.45) is 6.95. The second-order valence-corrected chi connectivity index (χ2v) is 6.22. The summed E-state index contributed by atoms with van der Waals surface area (Å²) in [6.45, 7) is 8.44. The van der Waals surface area contributed by atoms with Crippen molar-refractivity contribution in [2.75, 3.05) is 6.54 Å². The molecule has 1 saturated heterocycles. The summed E-state index contributed by atoms with van der Waals surface area (Å²) >= 11 is 0. The van der Waals surface area contributed by atoms with Gasteiger partial charge in [-0.3, -0.25) is 9.88 Å². The molecule has 0 amide bonds. The van der Waals surface area contributed by atoms with E-state index in [0.29, 0.717) is 12.0 Å². The molecule has 3 heterocycles. The molecule has 5 heteroatoms. The zero-order chi connectivity index (χ0) is 15.5. The van der Waals surface area contributed by atoms with Crippen molar-refractivity contribution >= 4 is 0 Å². The van der Waals surface area contributed by atoms with Crippen LogP contribution in [0.15, 0.2) is 22.9 Å². The lowest BCUT2D eigenvalue weighted by Crippen LogP contribution is -2.41. The average molecular weight is 300 g/mol. The van der Waals surface area contributed by atoms with Crippen molar-refractivity contribution in [3.05, 3.63) is 41.4 Å². The number of hydrogen-bond donors (Lipinski definition) is 0. The maximum atomic E-state index is 5.80. The fraction of sp³-hybridized carbons (Fsp3) is 0.588. The molecular formula is C17H24N4O. The smallest absolute Gasteiger partial charge is 0.221 e. The lowest BCUT2D eigenvalue weighted by Gasteiger charge is -2.37. The monoisotopic (exact) mass is 300 g/mol. The minimum atomic E-state index is 0.333. The summed E-state index contributed by atoms with van der Waals surface area (Å²) in [6, 6.07) is 2.62. The Kier molecular flexibility index (Phi) is 4.52. The highest BCUT2D eigenvalue weighted by Gasteiger charge is 2.32. The van der Waals surface area contributed by atoms with Gasteiger partial charge in [-0.15, -0.1) is 10.2 Å². The van der Waals surface area contributed by atoms with E-state index in [9.17, 15) is 0 Å². The van der Waals surface area contributed by atoms with Crippen LogP contribution in [-0.4, -0.2) is 32.7 Å². The first kappa shape index (κ1) is 15.2. The first-order valence-electron chi connectivity index (χ1n) is 8.14. The third kappa shape index (κ3) is 3.19. The predicted molar refractivity (Wildman–Crippen MR) is 84.5 cm³/mol. The Morgan fingerprint density at radius 1 is 1.32 bits per heavy atom. The number of hydrogen-bond acceptors (Lipinski definition) is 5. The van der Waals surface area contributed by atoms with Gasteiger partial charge in [0.15, 0.2) is 0 Å². The first-order chi connectivity index (χ1) is 10.7. The SMILES string of the molecule is CCc1nnc([C@H]2CCCN(Cc3cncc(C)c3)[C@H]2C)o1. The van der Waals surface area contributed by atoms with Gasteiger partial charge in [0.2, 0.25) is 11.8 Å². The van der Waals surface area contributed by atoms with Crippen molar-refractivity contribution in [3.8, 4) is 0 Å². The van der Waals surface area contributed by atoms with Crippen molar-refractivity contribution in [1.29, 1.82) is 0 Å². The van der Waals surface area contributed by atoms with Crippen LogP contribution in [0.4, 0.5) is 0 Å². The van der Waals surface area contributed by atoms with Gasteiger partial charge in [-0.1, -0.05) is 13.0 Å². The van der Waals surface area contributed by atoms with Crippen LogP contribution in [0.25, 0.3) is 0 Å². The number of likely N-dealkylation sites (tertiary alicyclic amines) is 1. The molecule has 0 spiro atoms. The van der Waals surface area contributed by atoms with Crippen molar-refractivity contribution in [1.82, 2.24) is 20.1 Å². The summed E-state index contributed by atoms with van der Waals surface area (Å²) in [5, 5.41) is 8.38. The highest BCUT2D eigenvalue weighted by Crippen LogP contribution is 2.32. The molecule has 0 N–H and O–H groups in total. The summed E-state index contributed by atoms with van der Waals surface area (Å²) in [5.74, 6) is 1.87. The van der Waals surface area contributed by atoms with Gasteiger partial charge in [0, 0.05) is 31.4 Å². The van der Waals surface area contributed by atoms with Gasteiger partial charge in [0.05, 0.1) is 5.92 Å². The van der Waals surface area contributed by atoms with E-state index in [0.717, 1.165) is 44.1 Å². The maximum absolute atomic E-state index is 5.80. The summed E-state index contributed by atoms with van der Waals surface area (Å²) in [5.41, 5.74) is 2.48. The molecule has 2 aromatic rings. The Hall–Kier alpha value is -1.75. The van der Waals surface area contributed by atoms with Crippen LogP contribution in [0.2, 0.25) is 0 Å². The Balaban J connectivity index is 1.73. The average Bonchev–Trinajstić information content (AvgIpc) is 2.98. The fourth-order valence-electron chi connectivity index (χ4n) is 3.26. The quantitative estimate of drug-likeness (QED) is 0.868. The minimum Gasteiger partial charge on any atom is -0.425 e. The van der Waals surface area contributed by atoms with Gasteiger partial charge in [-0.05, 0) is 44.4 Å². The molecule has 0 radical (unpaired) electrons. The number of rotatable bonds is 4. The highest BCUT2D eigenvalue weighted by molar-refractivity contribution is 5.17. The molecule has 1 aliphatic heterocycles. The molecule has 1 aliphatic rings. The van der Waals surface area contributed by atoms with Crippen LogP contribution in [0.3, 0.4) is 0 Å². The van der Waals surface area contributed by atoms with E-state index in [4.69, 9.17) is 4.42 Å². The lowest BCUT2D eigenvalue weighted by atomic mass is 9.90. The van der Waals surface area contributed by atoms with Crippen LogP contribution in [-0.2, 0) is 13.0 Å². The second kappa shape index (κ2) is 6.57. The third-order valence-corrected chi connectivity index (χ3v) is 4.54. The molecule has 0 unspecified atom stereocenters. The summed E-state index contributed by atoms with van der Waals surface area (Å²) in [4.78, 5) is 6.80. The van der Waals surface area contributed by atoms with Gasteiger partial charge in [-0.2, -0.15) is 0 Å². The Bertz CT molecular complexity index is 625. The van der Waals surface area contributed by atoms with E-state index in [1.54, 1.807) is 0 Å². The van der Waals surface area contributed by atoms with Crippen LogP contribution in [0.5, 0.6) is 0 Å². The van der Waals surface area contributed by atoms with Crippen molar-refractivity contribution in [2.45, 2.75) is 58.5 Å². The van der Waals surface area contributed by atoms with E-state index < -0.39 is 0 Å². The summed E-state index contributed by atoms with van der Waals surface area (Å²) in [7, 11) is 0. The highest BCUT2D eigenvalue weighted by atomic mass is 16.4. The molecule has 1 fully saturated rings. The van der Waals surface area contributed by atoms with Crippen LogP contribution in [0, 0.1) is 6.92 Å². The largest absolute Gasteiger partial charge is 0.425 e. The maximum Gasteiger partial charge on any atom is 0.221 e. The molecule has 5 nitrogen and oxygen atoms in total. The van der Waals surface area contributed by atoms with Crippen LogP contribution < -0.4 is 0 Å². The van der Waals surface area contributed by atoms with Gasteiger partial charge in [0.1, 0.15) is 0 Å². The third-order valence-electron chi connectivity index (χ3n) is 4.54. The number of pyridine rings is 1. The van der Waals surface area contributed by atoms with Crippen LogP contribution in [0.1, 0.15) is 55.5 Å². The number of aryl methyl sites for hydroxylation is 2. The molecule has 0 bridgehead atoms. The molecule has 2 aromatic heterocycles. The zero-order valence-corrected chi connectivity index (χ0v) is 13.6. The van der Waals surface area contributed by atoms with Gasteiger partial charge >= 0.3 is 0 Å². The fourth-order valence-corrected chi connectivity index (χ4v) is 3.26. The minimum absolute atomic E-state index is 0.333. The first-order valence-corrected chi connectivity index (χ1v) is 8.14. The van der Waals surface area contributed by atoms with Crippen molar-refractivity contribution < 1.29 is 4.42 Å². The van der Waals surface area contributed by atoms with Gasteiger partial charge in [-0.25, -0.2) is 0 Å². The van der Waals surface area contributed by atoms with E-state index in [1.165, 1.54) is 11.1 Å². The van der Waals surface area contributed by atoms with Crippen molar-refractivity contribution in [2.24, 2.45) is 0 Å². The molecule has 0 aromatic carbocycles. The van der Waals surface area contributed by atoms with Crippen molar-refractivity contribution in [3.63, 3.8) is 0 Å². The second-order valence-electron chi connectivity index (χ2n) is 6.22. The molecule has 2 atom stereocenters. The number of aromatic nitrogens is 3. The van der Waals surface area contributed by atoms with E-state index in [1.807, 2.05) is 19.3 Å². The van der Waals surface area contributed by atoms with Crippen LogP contribution >= 0.6 is 0 Å². The Morgan fingerprint density at radius 2 is 2.18 bits per heavy atom. The number of piperidine rings is 1. The summed E-state index contributed by atoms with van der Waals surface area (Å²) < 4.78 is 5.80. The Labute approximate surface area is 131 Å². The van der Waals surface area contributed by atoms with Gasteiger partial charge < -0.3 is 4.42 Å². The van der Waals surface area contributed by atoms with E-state index >= 15 is 0 Å². The zero-order valence-electron chi connectivity index (χ0n) is 13.6. The molecule has 22 heavy (non-hydrogen) atoms. The normalized spacial score (nSPS) is 22.9. The van der Waals surface area contributed by atoms with Gasteiger partial charge in [0.25, 0.3) is 0 Å². The molecular weight excluding hydrogens is 276 g/mol. The molecule has 0 saturated carbocycles. The van der Waals surface area contributed by atoms with E-state index in [-0.39, 0.29) is 0 Å². The predicted octanol–water partition coefficient (Wildman–Crippen LogP) is 3.10. The molecule has 0 aliphatic carbocycles. The van der Waals surface area contributed by atoms with E-state index in [2.05, 4.69) is 40.0 Å². The lowest BCUT2D eigenvalue weighted by molar-refractivity contribution is 0.118. The molecule has 3 rings (SSSR count). The standard InChI is InChI=1S/C17H24N4O/c1-4-16-19-20-17(22-16)15-6-5-7-21(13(15)3)11-14-8-12(2)9-18-10-14/h8-10,13,15H,4-7,11H2,1-3H3/t13-,15-/m0/s1. The molecule has 118 valence electrons. The topological polar surface area (TPSA) is 55.1 Å². The number of nitrogens with zero attached hydrogens (tertiary/aromatic N) is 4. The Morgan fingerprint density at radius 3 is 2.91 bits per heavy atom.